The van der Waals surface area contributed by atoms with Crippen molar-refractivity contribution in [2.24, 2.45) is 17.3 Å². The highest BCUT2D eigenvalue weighted by atomic mass is 35.5. The van der Waals surface area contributed by atoms with Gasteiger partial charge in [-0.3, -0.25) is 9.59 Å². The molecular formula is C30H44ClNO7. The predicted octanol–water partition coefficient (Wildman–Crippen LogP) is 5.52. The number of aromatic nitrogens is 1. The number of aliphatic hydroxyl groups is 2. The van der Waals surface area contributed by atoms with Gasteiger partial charge in [0.1, 0.15) is 23.8 Å². The second-order valence-electron chi connectivity index (χ2n) is 12.2. The number of hydrogen-bond acceptors (Lipinski definition) is 8. The molecule has 0 bridgehead atoms. The molecule has 2 unspecified atom stereocenters. The topological polar surface area (TPSA) is 122 Å². The van der Waals surface area contributed by atoms with Crippen LogP contribution in [0.25, 0.3) is 6.08 Å². The number of cyclic esters (lactones) is 1. The first-order chi connectivity index (χ1) is 18.1. The van der Waals surface area contributed by atoms with E-state index in [4.69, 9.17) is 25.5 Å². The molecule has 2 aliphatic rings. The number of carbonyl (C=O) groups excluding carboxylic acids is 2. The third-order valence-corrected chi connectivity index (χ3v) is 8.59. The molecule has 0 aromatic carbocycles. The van der Waals surface area contributed by atoms with Gasteiger partial charge in [0.15, 0.2) is 5.89 Å². The molecule has 0 radical (unpaired) electrons. The second kappa shape index (κ2) is 12.7. The molecule has 2 aliphatic heterocycles. The number of esters is 1. The Bertz CT molecular complexity index is 1090. The van der Waals surface area contributed by atoms with Crippen LogP contribution in [0.5, 0.6) is 0 Å². The zero-order valence-corrected chi connectivity index (χ0v) is 25.0. The normalized spacial score (nSPS) is 34.7. The van der Waals surface area contributed by atoms with Crippen LogP contribution in [0.1, 0.15) is 91.7 Å². The minimum atomic E-state index is -1.31. The number of Topliss-reactive ketones (excluding diaryl/α,β-unsaturated/α-hetero) is 1. The summed E-state index contributed by atoms with van der Waals surface area (Å²) >= 11 is 6.62. The smallest absolute Gasteiger partial charge is 0.309 e. The monoisotopic (exact) mass is 565 g/mol. The molecule has 3 rings (SSSR count). The maximum absolute atomic E-state index is 13.8. The number of carbonyl (C=O) groups is 2. The Kier molecular flexibility index (Phi) is 10.2. The Morgan fingerprint density at radius 2 is 1.92 bits per heavy atom. The van der Waals surface area contributed by atoms with Crippen molar-refractivity contribution < 1.29 is 33.7 Å². The average Bonchev–Trinajstić information content (AvgIpc) is 3.29. The molecule has 1 aromatic rings. The molecule has 39 heavy (non-hydrogen) atoms. The summed E-state index contributed by atoms with van der Waals surface area (Å²) in [6.07, 6.45) is 4.41. The molecule has 3 heterocycles. The van der Waals surface area contributed by atoms with Crippen molar-refractivity contribution in [2.45, 2.75) is 117 Å². The van der Waals surface area contributed by atoms with Gasteiger partial charge < -0.3 is 24.1 Å². The average molecular weight is 566 g/mol. The number of epoxide rings is 1. The summed E-state index contributed by atoms with van der Waals surface area (Å²) in [6.45, 7) is 12.8. The van der Waals surface area contributed by atoms with E-state index in [0.29, 0.717) is 24.4 Å². The molecule has 0 spiro atoms. The van der Waals surface area contributed by atoms with Crippen LogP contribution in [-0.2, 0) is 19.1 Å². The van der Waals surface area contributed by atoms with Crippen molar-refractivity contribution >= 4 is 29.4 Å². The number of allylic oxidation sites excluding steroid dienone is 2. The zero-order chi connectivity index (χ0) is 29.1. The molecule has 9 heteroatoms. The Labute approximate surface area is 236 Å². The second-order valence-corrected chi connectivity index (χ2v) is 12.7. The first-order valence-corrected chi connectivity index (χ1v) is 14.2. The molecule has 0 amide bonds. The van der Waals surface area contributed by atoms with Crippen molar-refractivity contribution in [3.63, 3.8) is 0 Å². The maximum atomic E-state index is 13.8. The molecule has 7 atom stereocenters. The summed E-state index contributed by atoms with van der Waals surface area (Å²) in [5, 5.41) is 22.6. The van der Waals surface area contributed by atoms with Gasteiger partial charge in [-0.2, -0.15) is 0 Å². The Morgan fingerprint density at radius 1 is 1.23 bits per heavy atom. The van der Waals surface area contributed by atoms with Crippen LogP contribution in [-0.4, -0.2) is 57.0 Å². The van der Waals surface area contributed by atoms with Crippen LogP contribution in [0.4, 0.5) is 0 Å². The summed E-state index contributed by atoms with van der Waals surface area (Å²) in [6, 6.07) is 0. The van der Waals surface area contributed by atoms with E-state index in [1.54, 1.807) is 26.8 Å². The van der Waals surface area contributed by atoms with Crippen molar-refractivity contribution in [2.75, 3.05) is 0 Å². The number of ether oxygens (including phenoxy) is 2. The fraction of sp³-hybridized carbons (Fsp3) is 0.700. The third kappa shape index (κ3) is 8.03. The lowest BCUT2D eigenvalue weighted by atomic mass is 9.71. The van der Waals surface area contributed by atoms with Crippen LogP contribution in [0.2, 0.25) is 0 Å². The minimum absolute atomic E-state index is 0.132. The number of fused-ring (bicyclic) bond motifs is 1. The fourth-order valence-corrected chi connectivity index (χ4v) is 5.51. The van der Waals surface area contributed by atoms with Crippen molar-refractivity contribution in [1.82, 2.24) is 4.98 Å². The van der Waals surface area contributed by atoms with Gasteiger partial charge >= 0.3 is 5.97 Å². The Hall–Kier alpha value is -2.00. The lowest BCUT2D eigenvalue weighted by Crippen LogP contribution is -2.46. The summed E-state index contributed by atoms with van der Waals surface area (Å²) in [7, 11) is 0. The van der Waals surface area contributed by atoms with Gasteiger partial charge in [0.05, 0.1) is 40.8 Å². The Balaban J connectivity index is 1.90. The first-order valence-electron chi connectivity index (χ1n) is 13.8. The molecule has 1 aromatic heterocycles. The quantitative estimate of drug-likeness (QED) is 0.278. The molecule has 8 nitrogen and oxygen atoms in total. The van der Waals surface area contributed by atoms with E-state index >= 15 is 0 Å². The number of ketones is 1. The van der Waals surface area contributed by atoms with Gasteiger partial charge in [0.25, 0.3) is 0 Å². The number of halogens is 1. The van der Waals surface area contributed by atoms with Crippen LogP contribution in [0.3, 0.4) is 0 Å². The summed E-state index contributed by atoms with van der Waals surface area (Å²) in [5.41, 5.74) is -0.143. The summed E-state index contributed by atoms with van der Waals surface area (Å²) in [4.78, 5) is 31.1. The third-order valence-electron chi connectivity index (χ3n) is 8.24. The van der Waals surface area contributed by atoms with Crippen molar-refractivity contribution in [3.8, 4) is 0 Å². The van der Waals surface area contributed by atoms with Crippen LogP contribution >= 0.6 is 11.6 Å². The molecule has 0 aliphatic carbocycles. The van der Waals surface area contributed by atoms with Crippen LogP contribution < -0.4 is 0 Å². The van der Waals surface area contributed by atoms with Crippen molar-refractivity contribution in [1.29, 1.82) is 0 Å². The van der Waals surface area contributed by atoms with Gasteiger partial charge in [-0.25, -0.2) is 4.98 Å². The van der Waals surface area contributed by atoms with E-state index in [2.05, 4.69) is 4.98 Å². The predicted molar refractivity (Wildman–Crippen MR) is 149 cm³/mol. The first kappa shape index (κ1) is 31.5. The van der Waals surface area contributed by atoms with Gasteiger partial charge in [0.2, 0.25) is 0 Å². The zero-order valence-electron chi connectivity index (χ0n) is 24.2. The highest BCUT2D eigenvalue weighted by Gasteiger charge is 2.53. The van der Waals surface area contributed by atoms with Crippen LogP contribution in [0.15, 0.2) is 27.4 Å². The Morgan fingerprint density at radius 3 is 2.54 bits per heavy atom. The summed E-state index contributed by atoms with van der Waals surface area (Å²) in [5.74, 6) is -1.32. The SMILES string of the molecule is CC(C)=CC[C@H]1C(=O)C(C)(C)[C@@H](O)CC(=O)O[C@H](C(Cl)=Cc2coc(C)n2)CC2OC2(C)CCC[C@H](C)[C@H]1O. The van der Waals surface area contributed by atoms with E-state index in [0.717, 1.165) is 24.8 Å². The largest absolute Gasteiger partial charge is 0.456 e. The lowest BCUT2D eigenvalue weighted by molar-refractivity contribution is -0.154. The fourth-order valence-electron chi connectivity index (χ4n) is 5.27. The molecule has 218 valence electrons. The highest BCUT2D eigenvalue weighted by molar-refractivity contribution is 6.32. The molecule has 2 fully saturated rings. The standard InChI is InChI=1S/C30H44ClNO7/c1-17(2)10-11-21-27(35)18(3)9-8-12-30(7)25(39-30)14-23(22(31)13-20-16-37-19(4)32-20)38-26(34)15-24(33)29(5,6)28(21)36/h10,13,16,18,21,23-25,27,33,35H,8-9,11-12,14-15H2,1-7H3/t18-,21+,23-,24-,25?,27+,30?/m0/s1. The van der Waals surface area contributed by atoms with Gasteiger partial charge in [-0.05, 0) is 52.0 Å². The number of oxazole rings is 1. The van der Waals surface area contributed by atoms with Gasteiger partial charge in [-0.1, -0.05) is 50.4 Å². The molecule has 0 saturated carbocycles. The van der Waals surface area contributed by atoms with Crippen molar-refractivity contribution in [3.05, 3.63) is 34.5 Å². The van der Waals surface area contributed by atoms with E-state index in [9.17, 15) is 19.8 Å². The number of aryl methyl sites for hydroxylation is 1. The summed E-state index contributed by atoms with van der Waals surface area (Å²) < 4.78 is 17.1. The molecule has 2 N–H and O–H groups in total. The number of nitrogens with zero attached hydrogens (tertiary/aromatic N) is 1. The molecule has 2 saturated heterocycles. The number of aliphatic hydroxyl groups excluding tert-OH is 2. The molecular weight excluding hydrogens is 522 g/mol. The van der Waals surface area contributed by atoms with E-state index < -0.39 is 47.6 Å². The highest BCUT2D eigenvalue weighted by Crippen LogP contribution is 2.45. The van der Waals surface area contributed by atoms with Gasteiger partial charge in [-0.15, -0.1) is 0 Å². The minimum Gasteiger partial charge on any atom is -0.456 e. The maximum Gasteiger partial charge on any atom is 0.309 e. The van der Waals surface area contributed by atoms with Crippen LogP contribution in [0, 0.1) is 24.2 Å². The number of hydrogen-bond donors (Lipinski definition) is 2. The number of rotatable bonds is 4. The van der Waals surface area contributed by atoms with E-state index in [1.807, 2.05) is 33.8 Å². The van der Waals surface area contributed by atoms with Gasteiger partial charge in [0, 0.05) is 19.3 Å². The van der Waals surface area contributed by atoms with E-state index in [-0.39, 0.29) is 22.8 Å². The lowest BCUT2D eigenvalue weighted by Gasteiger charge is -2.35. The van der Waals surface area contributed by atoms with E-state index in [1.165, 1.54) is 6.26 Å².